The first-order valence-electron chi connectivity index (χ1n) is 14.8. The van der Waals surface area contributed by atoms with Crippen molar-refractivity contribution in [3.05, 3.63) is 41.7 Å². The van der Waals surface area contributed by atoms with Crippen LogP contribution in [0.1, 0.15) is 65.4 Å². The van der Waals surface area contributed by atoms with Crippen LogP contribution in [0.2, 0.25) is 0 Å². The van der Waals surface area contributed by atoms with Gasteiger partial charge in [-0.25, -0.2) is 0 Å². The van der Waals surface area contributed by atoms with Gasteiger partial charge >= 0.3 is 15.6 Å². The second-order valence-corrected chi connectivity index (χ2v) is 14.5. The predicted molar refractivity (Wildman–Crippen MR) is 153 cm³/mol. The van der Waals surface area contributed by atoms with Crippen LogP contribution in [0.4, 0.5) is 13.2 Å². The summed E-state index contributed by atoms with van der Waals surface area (Å²) in [5.74, 6) is 0.878. The highest BCUT2D eigenvalue weighted by Gasteiger charge is 2.62. The summed E-state index contributed by atoms with van der Waals surface area (Å²) in [6.45, 7) is 9.33. The number of fused-ring (bicyclic) bond motifs is 3. The van der Waals surface area contributed by atoms with Gasteiger partial charge in [-0.2, -0.15) is 21.6 Å². The highest BCUT2D eigenvalue weighted by atomic mass is 32.2. The van der Waals surface area contributed by atoms with Crippen molar-refractivity contribution in [3.63, 3.8) is 0 Å². The molecule has 7 atom stereocenters. The Bertz CT molecular complexity index is 1220. The van der Waals surface area contributed by atoms with Crippen molar-refractivity contribution in [2.75, 3.05) is 27.8 Å². The van der Waals surface area contributed by atoms with Gasteiger partial charge in [0.15, 0.2) is 0 Å². The van der Waals surface area contributed by atoms with E-state index in [0.29, 0.717) is 31.4 Å². The van der Waals surface area contributed by atoms with E-state index in [4.69, 9.17) is 23.7 Å². The summed E-state index contributed by atoms with van der Waals surface area (Å²) in [5.41, 5.74) is -4.24. The van der Waals surface area contributed by atoms with E-state index in [9.17, 15) is 21.6 Å². The highest BCUT2D eigenvalue weighted by Crippen LogP contribution is 2.65. The lowest BCUT2D eigenvalue weighted by atomic mass is 9.42. The molecule has 3 aliphatic carbocycles. The molecule has 8 nitrogen and oxygen atoms in total. The smallest absolute Gasteiger partial charge is 0.497 e. The first-order chi connectivity index (χ1) is 20.2. The van der Waals surface area contributed by atoms with Crippen LogP contribution >= 0.6 is 0 Å². The average Bonchev–Trinajstić information content (AvgIpc) is 2.95. The Kier molecular flexibility index (Phi) is 10.5. The van der Waals surface area contributed by atoms with E-state index >= 15 is 0 Å². The summed E-state index contributed by atoms with van der Waals surface area (Å²) in [6.07, 6.45) is 4.19. The fraction of sp³-hybridized carbons (Fsp3) is 0.742. The molecule has 0 amide bonds. The number of benzene rings is 1. The molecule has 0 N–H and O–H groups in total. The van der Waals surface area contributed by atoms with Gasteiger partial charge < -0.3 is 27.9 Å². The molecule has 0 bridgehead atoms. The Hall–Kier alpha value is -1.86. The summed E-state index contributed by atoms with van der Waals surface area (Å²) < 4.78 is 95.5. The summed E-state index contributed by atoms with van der Waals surface area (Å²) in [7, 11) is -2.51. The number of alkyl halides is 3. The molecule has 4 rings (SSSR count). The third-order valence-corrected chi connectivity index (χ3v) is 11.3. The standard InChI is InChI=1S/C31H45F3O8S/c1-20-22(17-42-43(35,36)31(32,33)34)9-12-24-28(20)25(40-19-39-16-21-7-10-23(38-6)11-8-21)15-26-29(2,3)27(41-18-37-5)13-14-30(24,26)4/h7-8,10-11,17,20,24-28H,9,12-16,18-19H2,1-6H3/b22-17+/t20-,24-,25+,26-,27-,28+,30+/m0/s1. The first kappa shape index (κ1) is 34.0. The van der Waals surface area contributed by atoms with E-state index in [2.05, 4.69) is 25.0 Å². The Morgan fingerprint density at radius 1 is 1.02 bits per heavy atom. The molecule has 0 aromatic heterocycles. The highest BCUT2D eigenvalue weighted by molar-refractivity contribution is 7.87. The minimum absolute atomic E-state index is 0.00601. The van der Waals surface area contributed by atoms with Crippen molar-refractivity contribution in [1.82, 2.24) is 0 Å². The minimum Gasteiger partial charge on any atom is -0.497 e. The Labute approximate surface area is 253 Å². The molecule has 0 heterocycles. The average molecular weight is 635 g/mol. The summed E-state index contributed by atoms with van der Waals surface area (Å²) in [6, 6.07) is 7.55. The van der Waals surface area contributed by atoms with Crippen LogP contribution in [0.25, 0.3) is 0 Å². The number of ether oxygens (including phenoxy) is 5. The van der Waals surface area contributed by atoms with Crippen molar-refractivity contribution in [1.29, 1.82) is 0 Å². The number of allylic oxidation sites excluding steroid dienone is 1. The molecule has 0 radical (unpaired) electrons. The lowest BCUT2D eigenvalue weighted by Gasteiger charge is -2.64. The van der Waals surface area contributed by atoms with Crippen molar-refractivity contribution >= 4 is 10.1 Å². The third kappa shape index (κ3) is 7.03. The number of hydrogen-bond donors (Lipinski definition) is 0. The van der Waals surface area contributed by atoms with Gasteiger partial charge in [0.2, 0.25) is 0 Å². The molecule has 1 aromatic rings. The monoisotopic (exact) mass is 634 g/mol. The van der Waals surface area contributed by atoms with Gasteiger partial charge in [0.1, 0.15) is 25.6 Å². The molecule has 1 aromatic carbocycles. The third-order valence-electron chi connectivity index (χ3n) is 10.4. The van der Waals surface area contributed by atoms with Crippen LogP contribution in [0.15, 0.2) is 36.1 Å². The van der Waals surface area contributed by atoms with Gasteiger partial charge in [0.05, 0.1) is 25.9 Å². The second-order valence-electron chi connectivity index (χ2n) is 12.9. The number of hydrogen-bond acceptors (Lipinski definition) is 8. The quantitative estimate of drug-likeness (QED) is 0.0864. The zero-order valence-electron chi connectivity index (χ0n) is 25.8. The largest absolute Gasteiger partial charge is 0.534 e. The molecule has 3 aliphatic rings. The zero-order valence-corrected chi connectivity index (χ0v) is 26.6. The topological polar surface area (TPSA) is 89.5 Å². The summed E-state index contributed by atoms with van der Waals surface area (Å²) in [4.78, 5) is 0. The van der Waals surface area contributed by atoms with Gasteiger partial charge in [-0.15, -0.1) is 0 Å². The van der Waals surface area contributed by atoms with E-state index in [0.717, 1.165) is 30.4 Å². The molecule has 3 fully saturated rings. The summed E-state index contributed by atoms with van der Waals surface area (Å²) in [5, 5.41) is 0. The van der Waals surface area contributed by atoms with Crippen molar-refractivity contribution in [2.45, 2.75) is 84.1 Å². The minimum atomic E-state index is -5.73. The molecule has 0 aliphatic heterocycles. The van der Waals surface area contributed by atoms with Gasteiger partial charge in [-0.1, -0.05) is 39.8 Å². The second kappa shape index (κ2) is 13.2. The van der Waals surface area contributed by atoms with Gasteiger partial charge in [-0.05, 0) is 89.9 Å². The maximum atomic E-state index is 13.0. The van der Waals surface area contributed by atoms with Crippen LogP contribution in [0, 0.1) is 34.5 Å². The SMILES string of the molecule is COCO[C@H]1CC[C@]2(C)[C@H]3CC/C(=C\OS(=O)(=O)C(F)(F)F)[C@H](C)[C@H]3[C@H](OCOCc3ccc(OC)cc3)C[C@H]2C1(C)C. The van der Waals surface area contributed by atoms with E-state index in [-0.39, 0.29) is 60.3 Å². The van der Waals surface area contributed by atoms with E-state index in [1.54, 1.807) is 14.2 Å². The maximum Gasteiger partial charge on any atom is 0.534 e. The Morgan fingerprint density at radius 3 is 2.35 bits per heavy atom. The van der Waals surface area contributed by atoms with Crippen LogP contribution in [-0.4, -0.2) is 53.9 Å². The Morgan fingerprint density at radius 2 is 1.72 bits per heavy atom. The molecule has 12 heteroatoms. The number of halogens is 3. The van der Waals surface area contributed by atoms with Crippen LogP contribution in [0.5, 0.6) is 5.75 Å². The van der Waals surface area contributed by atoms with Gasteiger partial charge in [0, 0.05) is 7.11 Å². The fourth-order valence-electron chi connectivity index (χ4n) is 8.15. The van der Waals surface area contributed by atoms with Gasteiger partial charge in [-0.3, -0.25) is 0 Å². The predicted octanol–water partition coefficient (Wildman–Crippen LogP) is 6.80. The van der Waals surface area contributed by atoms with E-state index in [1.807, 2.05) is 31.2 Å². The molecular weight excluding hydrogens is 589 g/mol. The number of methoxy groups -OCH3 is 2. The van der Waals surface area contributed by atoms with E-state index in [1.165, 1.54) is 0 Å². The Balaban J connectivity index is 1.57. The molecule has 0 spiro atoms. The van der Waals surface area contributed by atoms with E-state index < -0.39 is 15.6 Å². The molecule has 0 saturated heterocycles. The molecule has 244 valence electrons. The zero-order chi connectivity index (χ0) is 31.6. The summed E-state index contributed by atoms with van der Waals surface area (Å²) >= 11 is 0. The van der Waals surface area contributed by atoms with Crippen molar-refractivity contribution < 1.29 is 49.5 Å². The fourth-order valence-corrected chi connectivity index (χ4v) is 8.51. The number of rotatable bonds is 11. The lowest BCUT2D eigenvalue weighted by Crippen LogP contribution is -2.62. The maximum absolute atomic E-state index is 13.0. The lowest BCUT2D eigenvalue weighted by molar-refractivity contribution is -0.234. The molecule has 43 heavy (non-hydrogen) atoms. The van der Waals surface area contributed by atoms with Crippen molar-refractivity contribution in [3.8, 4) is 5.75 Å². The van der Waals surface area contributed by atoms with Crippen LogP contribution in [-0.2, 0) is 39.9 Å². The van der Waals surface area contributed by atoms with Crippen LogP contribution in [0.3, 0.4) is 0 Å². The molecular formula is C31H45F3O8S. The van der Waals surface area contributed by atoms with Gasteiger partial charge in [0.25, 0.3) is 0 Å². The normalized spacial score (nSPS) is 33.5. The van der Waals surface area contributed by atoms with Crippen LogP contribution < -0.4 is 4.74 Å². The molecule has 0 unspecified atom stereocenters. The molecule has 3 saturated carbocycles. The first-order valence-corrected chi connectivity index (χ1v) is 16.2. The van der Waals surface area contributed by atoms with Crippen molar-refractivity contribution in [2.24, 2.45) is 34.5 Å².